The van der Waals surface area contributed by atoms with Gasteiger partial charge >= 0.3 is 0 Å². The van der Waals surface area contributed by atoms with Gasteiger partial charge in [0.25, 0.3) is 5.56 Å². The molecule has 5 aromatic rings. The van der Waals surface area contributed by atoms with Crippen molar-refractivity contribution in [2.45, 2.75) is 24.7 Å². The van der Waals surface area contributed by atoms with Crippen molar-refractivity contribution < 1.29 is 4.79 Å². The molecule has 3 heterocycles. The number of thiophene rings is 1. The maximum Gasteiger partial charge on any atom is 0.267 e. The number of nitrogens with zero attached hydrogens (tertiary/aromatic N) is 3. The molecule has 8 heteroatoms. The van der Waals surface area contributed by atoms with Crippen LogP contribution in [-0.2, 0) is 24.3 Å². The van der Waals surface area contributed by atoms with Gasteiger partial charge in [-0.1, -0.05) is 78.5 Å². The normalized spacial score (nSPS) is 13.8. The van der Waals surface area contributed by atoms with Gasteiger partial charge in [0.1, 0.15) is 4.83 Å². The molecule has 0 saturated carbocycles. The Morgan fingerprint density at radius 2 is 1.81 bits per heavy atom. The van der Waals surface area contributed by atoms with Crippen molar-refractivity contribution >= 4 is 50.0 Å². The smallest absolute Gasteiger partial charge is 0.267 e. The van der Waals surface area contributed by atoms with E-state index >= 15 is 0 Å². The van der Waals surface area contributed by atoms with Crippen LogP contribution in [0.3, 0.4) is 0 Å². The van der Waals surface area contributed by atoms with Gasteiger partial charge in [-0.2, -0.15) is 0 Å². The van der Waals surface area contributed by atoms with Gasteiger partial charge in [-0.05, 0) is 29.0 Å². The van der Waals surface area contributed by atoms with E-state index in [9.17, 15) is 9.59 Å². The van der Waals surface area contributed by atoms with Crippen LogP contribution < -0.4 is 11.3 Å². The van der Waals surface area contributed by atoms with E-state index in [-0.39, 0.29) is 11.3 Å². The van der Waals surface area contributed by atoms with Crippen molar-refractivity contribution in [1.82, 2.24) is 14.5 Å². The van der Waals surface area contributed by atoms with Crippen LogP contribution in [0.2, 0.25) is 0 Å². The maximum absolute atomic E-state index is 14.1. The topological polar surface area (TPSA) is 81.2 Å². The Morgan fingerprint density at radius 3 is 2.64 bits per heavy atom. The van der Waals surface area contributed by atoms with Crippen molar-refractivity contribution in [1.29, 1.82) is 0 Å². The molecule has 1 aliphatic rings. The molecule has 0 fully saturated rings. The number of benzene rings is 3. The highest BCUT2D eigenvalue weighted by atomic mass is 32.2. The molecule has 3 aromatic carbocycles. The van der Waals surface area contributed by atoms with Gasteiger partial charge in [0.05, 0.1) is 16.8 Å². The monoisotopic (exact) mass is 512 g/mol. The third kappa shape index (κ3) is 4.21. The summed E-state index contributed by atoms with van der Waals surface area (Å²) in [5.41, 5.74) is 8.52. The highest BCUT2D eigenvalue weighted by Crippen LogP contribution is 2.35. The summed E-state index contributed by atoms with van der Waals surface area (Å²) in [6.45, 7) is 2.56. The van der Waals surface area contributed by atoms with Crippen molar-refractivity contribution in [2.24, 2.45) is 5.73 Å². The molecule has 0 spiro atoms. The fourth-order valence-electron chi connectivity index (χ4n) is 4.90. The first-order valence-electron chi connectivity index (χ1n) is 11.8. The number of aromatic nitrogens is 2. The van der Waals surface area contributed by atoms with E-state index in [4.69, 9.17) is 10.7 Å². The zero-order valence-electron chi connectivity index (χ0n) is 19.5. The summed E-state index contributed by atoms with van der Waals surface area (Å²) >= 11 is 2.80. The SMILES string of the molecule is NC(=O)CSc1nc2sc3c(c2c(=O)n1-c1cccc2ccccc12)CCN(Cc1ccccc1)C3. The first-order valence-corrected chi connectivity index (χ1v) is 13.6. The predicted molar refractivity (Wildman–Crippen MR) is 147 cm³/mol. The third-order valence-electron chi connectivity index (χ3n) is 6.52. The molecule has 1 aliphatic heterocycles. The Bertz CT molecular complexity index is 1650. The minimum atomic E-state index is -0.444. The number of primary amides is 1. The molecule has 0 atom stereocenters. The Kier molecular flexibility index (Phi) is 6.08. The van der Waals surface area contributed by atoms with Gasteiger partial charge in [-0.15, -0.1) is 11.3 Å². The highest BCUT2D eigenvalue weighted by molar-refractivity contribution is 7.99. The number of hydrogen-bond donors (Lipinski definition) is 1. The Morgan fingerprint density at radius 1 is 1.03 bits per heavy atom. The second-order valence-electron chi connectivity index (χ2n) is 8.92. The molecule has 0 unspecified atom stereocenters. The van der Waals surface area contributed by atoms with Gasteiger partial charge in [0.15, 0.2) is 5.16 Å². The number of hydrogen-bond acceptors (Lipinski definition) is 6. The number of thioether (sulfide) groups is 1. The zero-order valence-corrected chi connectivity index (χ0v) is 21.1. The number of fused-ring (bicyclic) bond motifs is 4. The molecule has 6 rings (SSSR count). The summed E-state index contributed by atoms with van der Waals surface area (Å²) in [6, 6.07) is 24.3. The van der Waals surface area contributed by atoms with Crippen LogP contribution in [0, 0.1) is 0 Å². The maximum atomic E-state index is 14.1. The van der Waals surface area contributed by atoms with E-state index < -0.39 is 5.91 Å². The van der Waals surface area contributed by atoms with Crippen molar-refractivity contribution in [3.8, 4) is 5.69 Å². The lowest BCUT2D eigenvalue weighted by Crippen LogP contribution is -2.30. The van der Waals surface area contributed by atoms with Crippen molar-refractivity contribution in [3.63, 3.8) is 0 Å². The molecular formula is C28H24N4O2S2. The number of carbonyl (C=O) groups is 1. The fourth-order valence-corrected chi connectivity index (χ4v) is 6.95. The zero-order chi connectivity index (χ0) is 24.6. The number of carbonyl (C=O) groups excluding carboxylic acids is 1. The Labute approximate surface area is 216 Å². The van der Waals surface area contributed by atoms with E-state index in [1.54, 1.807) is 15.9 Å². The standard InChI is InChI=1S/C28H24N4O2S2/c29-24(33)17-35-28-30-26-25(27(34)32(28)22-12-6-10-19-9-4-5-11-20(19)22)21-13-14-31(16-23(21)36-26)15-18-7-2-1-3-8-18/h1-12H,13-17H2,(H2,29,33). The molecule has 0 bridgehead atoms. The van der Waals surface area contributed by atoms with E-state index in [0.29, 0.717) is 10.5 Å². The molecule has 0 aliphatic carbocycles. The van der Waals surface area contributed by atoms with Crippen LogP contribution >= 0.6 is 23.1 Å². The minimum Gasteiger partial charge on any atom is -0.369 e. The van der Waals surface area contributed by atoms with E-state index in [1.165, 1.54) is 22.2 Å². The molecule has 2 aromatic heterocycles. The van der Waals surface area contributed by atoms with Gasteiger partial charge in [0, 0.05) is 29.9 Å². The molecule has 0 saturated heterocycles. The van der Waals surface area contributed by atoms with E-state index in [0.717, 1.165) is 52.9 Å². The predicted octanol–water partition coefficient (Wildman–Crippen LogP) is 4.74. The lowest BCUT2D eigenvalue weighted by atomic mass is 10.0. The Hall–Kier alpha value is -3.46. The van der Waals surface area contributed by atoms with E-state index in [1.807, 2.05) is 48.5 Å². The fraction of sp³-hybridized carbons (Fsp3) is 0.179. The van der Waals surface area contributed by atoms with Crippen molar-refractivity contribution in [3.05, 3.63) is 99.2 Å². The quantitative estimate of drug-likeness (QED) is 0.263. The van der Waals surface area contributed by atoms with Gasteiger partial charge < -0.3 is 5.73 Å². The summed E-state index contributed by atoms with van der Waals surface area (Å²) in [4.78, 5) is 35.0. The molecular weight excluding hydrogens is 488 g/mol. The van der Waals surface area contributed by atoms with Crippen molar-refractivity contribution in [2.75, 3.05) is 12.3 Å². The molecule has 2 N–H and O–H groups in total. The minimum absolute atomic E-state index is 0.0542. The average molecular weight is 513 g/mol. The molecule has 180 valence electrons. The number of nitrogens with two attached hydrogens (primary N) is 1. The molecule has 0 radical (unpaired) electrons. The summed E-state index contributed by atoms with van der Waals surface area (Å²) in [5.74, 6) is -0.389. The number of rotatable bonds is 6. The second-order valence-corrected chi connectivity index (χ2v) is 10.9. The first kappa shape index (κ1) is 23.0. The summed E-state index contributed by atoms with van der Waals surface area (Å²) in [5, 5.41) is 3.19. The van der Waals surface area contributed by atoms with E-state index in [2.05, 4.69) is 29.2 Å². The van der Waals surface area contributed by atoms with Crippen LogP contribution in [0.15, 0.2) is 82.7 Å². The molecule has 1 amide bonds. The van der Waals surface area contributed by atoms with Gasteiger partial charge in [0.2, 0.25) is 5.91 Å². The van der Waals surface area contributed by atoms with Gasteiger partial charge in [-0.3, -0.25) is 19.1 Å². The van der Waals surface area contributed by atoms with Crippen LogP contribution in [0.25, 0.3) is 26.7 Å². The lowest BCUT2D eigenvalue weighted by Gasteiger charge is -2.26. The Balaban J connectivity index is 1.48. The van der Waals surface area contributed by atoms with Crippen LogP contribution in [0.5, 0.6) is 0 Å². The first-order chi connectivity index (χ1) is 17.6. The molecule has 36 heavy (non-hydrogen) atoms. The second kappa shape index (κ2) is 9.54. The van der Waals surface area contributed by atoms with Crippen LogP contribution in [0.4, 0.5) is 0 Å². The van der Waals surface area contributed by atoms with Crippen LogP contribution in [0.1, 0.15) is 16.0 Å². The summed E-state index contributed by atoms with van der Waals surface area (Å²) in [7, 11) is 0. The highest BCUT2D eigenvalue weighted by Gasteiger charge is 2.26. The average Bonchev–Trinajstić information content (AvgIpc) is 3.26. The third-order valence-corrected chi connectivity index (χ3v) is 8.59. The summed E-state index contributed by atoms with van der Waals surface area (Å²) < 4.78 is 1.67. The largest absolute Gasteiger partial charge is 0.369 e. The van der Waals surface area contributed by atoms with Crippen LogP contribution in [-0.4, -0.2) is 32.7 Å². The molecule has 6 nitrogen and oxygen atoms in total. The number of amides is 1. The lowest BCUT2D eigenvalue weighted by molar-refractivity contribution is -0.115. The van der Waals surface area contributed by atoms with Gasteiger partial charge in [-0.25, -0.2) is 4.98 Å². The summed E-state index contributed by atoms with van der Waals surface area (Å²) in [6.07, 6.45) is 0.808.